The monoisotopic (exact) mass is 292 g/mol. The molecule has 4 nitrogen and oxygen atoms in total. The Balaban J connectivity index is 1.83. The fourth-order valence-corrected chi connectivity index (χ4v) is 3.97. The average molecular weight is 292 g/mol. The average Bonchev–Trinajstić information content (AvgIpc) is 2.55. The fraction of sp³-hybridized carbons (Fsp3) is 0.647. The Labute approximate surface area is 128 Å². The number of likely N-dealkylation sites (N-methyl/N-ethyl adjacent to an activating group) is 1. The lowest BCUT2D eigenvalue weighted by Crippen LogP contribution is -3.28. The maximum Gasteiger partial charge on any atom is 0.167 e. The molecule has 1 fully saturated rings. The lowest BCUT2D eigenvalue weighted by Gasteiger charge is -2.36. The van der Waals surface area contributed by atoms with E-state index in [4.69, 9.17) is 4.74 Å². The topological polar surface area (TPSA) is 34.7 Å². The molecule has 3 rings (SSSR count). The van der Waals surface area contributed by atoms with Gasteiger partial charge in [-0.2, -0.15) is 0 Å². The lowest BCUT2D eigenvalue weighted by atomic mass is 9.94. The molecular formula is C17H30N3O+3. The lowest BCUT2D eigenvalue weighted by molar-refractivity contribution is -1.03. The number of hydrogen-bond acceptors (Lipinski definition) is 1. The van der Waals surface area contributed by atoms with Crippen molar-refractivity contribution in [2.45, 2.75) is 26.4 Å². The second-order valence-corrected chi connectivity index (χ2v) is 6.30. The van der Waals surface area contributed by atoms with E-state index >= 15 is 0 Å². The summed E-state index contributed by atoms with van der Waals surface area (Å²) in [6, 6.07) is 7.20. The van der Waals surface area contributed by atoms with Crippen LogP contribution in [0, 0.1) is 0 Å². The fourth-order valence-electron chi connectivity index (χ4n) is 3.97. The molecule has 0 unspecified atom stereocenters. The highest BCUT2D eigenvalue weighted by molar-refractivity contribution is 5.42. The summed E-state index contributed by atoms with van der Waals surface area (Å²) in [6.07, 6.45) is 0. The molecule has 1 atom stereocenters. The van der Waals surface area contributed by atoms with Crippen LogP contribution in [0.5, 0.6) is 5.75 Å². The summed E-state index contributed by atoms with van der Waals surface area (Å²) in [5, 5.41) is 2.47. The number of ether oxygens (including phenoxy) is 1. The Bertz CT molecular complexity index is 469. The van der Waals surface area contributed by atoms with Crippen molar-refractivity contribution in [3.05, 3.63) is 29.3 Å². The molecule has 2 aliphatic rings. The molecule has 21 heavy (non-hydrogen) atoms. The van der Waals surface area contributed by atoms with Crippen LogP contribution in [0.15, 0.2) is 18.2 Å². The molecule has 0 radical (unpaired) electrons. The number of hydrogen-bond donors (Lipinski definition) is 3. The van der Waals surface area contributed by atoms with Crippen LogP contribution >= 0.6 is 0 Å². The van der Waals surface area contributed by atoms with Crippen molar-refractivity contribution < 1.29 is 19.9 Å². The van der Waals surface area contributed by atoms with E-state index < -0.39 is 0 Å². The summed E-state index contributed by atoms with van der Waals surface area (Å²) in [5.74, 6) is 1.13. The van der Waals surface area contributed by atoms with Gasteiger partial charge in [0.05, 0.1) is 18.7 Å². The Hall–Kier alpha value is -1.10. The summed E-state index contributed by atoms with van der Waals surface area (Å²) in [7, 11) is 0. The van der Waals surface area contributed by atoms with Crippen LogP contribution in [0.1, 0.15) is 31.0 Å². The van der Waals surface area contributed by atoms with Gasteiger partial charge in [0.15, 0.2) is 6.04 Å². The van der Waals surface area contributed by atoms with Gasteiger partial charge >= 0.3 is 0 Å². The van der Waals surface area contributed by atoms with E-state index in [0.717, 1.165) is 18.9 Å². The van der Waals surface area contributed by atoms with Gasteiger partial charge in [0.25, 0.3) is 0 Å². The van der Waals surface area contributed by atoms with Crippen molar-refractivity contribution in [3.63, 3.8) is 0 Å². The van der Waals surface area contributed by atoms with Crippen LogP contribution < -0.4 is 19.9 Å². The molecule has 0 spiro atoms. The molecule has 1 saturated heterocycles. The molecule has 0 bridgehead atoms. The summed E-state index contributed by atoms with van der Waals surface area (Å²) in [5.41, 5.74) is 2.98. The molecule has 1 aromatic carbocycles. The van der Waals surface area contributed by atoms with Crippen LogP contribution in [0.25, 0.3) is 0 Å². The highest BCUT2D eigenvalue weighted by Gasteiger charge is 2.37. The number of benzene rings is 1. The first-order valence-electron chi connectivity index (χ1n) is 8.57. The summed E-state index contributed by atoms with van der Waals surface area (Å²) < 4.78 is 5.94. The van der Waals surface area contributed by atoms with Crippen molar-refractivity contribution in [2.75, 3.05) is 45.9 Å². The van der Waals surface area contributed by atoms with Gasteiger partial charge in [0.1, 0.15) is 45.0 Å². The minimum absolute atomic E-state index is 0.606. The number of quaternary nitrogens is 3. The van der Waals surface area contributed by atoms with Crippen molar-refractivity contribution in [3.8, 4) is 5.75 Å². The maximum absolute atomic E-state index is 5.94. The van der Waals surface area contributed by atoms with E-state index in [-0.39, 0.29) is 0 Å². The number of nitrogens with two attached hydrogens (primary N) is 1. The van der Waals surface area contributed by atoms with Crippen LogP contribution in [-0.4, -0.2) is 45.9 Å². The third kappa shape index (κ3) is 3.07. The van der Waals surface area contributed by atoms with Crippen molar-refractivity contribution in [1.82, 2.24) is 0 Å². The number of piperazine rings is 1. The SMILES string of the molecule is CCOc1cccc2c1[C@@H]([NH+]1CC[NH+](CC)CC1)C[NH2+]C2. The van der Waals surface area contributed by atoms with Crippen molar-refractivity contribution in [1.29, 1.82) is 0 Å². The predicted molar refractivity (Wildman–Crippen MR) is 82.8 cm³/mol. The highest BCUT2D eigenvalue weighted by atomic mass is 16.5. The molecule has 1 aromatic rings. The van der Waals surface area contributed by atoms with Gasteiger partial charge in [-0.05, 0) is 19.9 Å². The van der Waals surface area contributed by atoms with Gasteiger partial charge in [0.2, 0.25) is 0 Å². The normalized spacial score (nSPS) is 29.0. The second-order valence-electron chi connectivity index (χ2n) is 6.30. The molecule has 0 aromatic heterocycles. The smallest absolute Gasteiger partial charge is 0.167 e. The molecule has 0 amide bonds. The largest absolute Gasteiger partial charge is 0.493 e. The van der Waals surface area contributed by atoms with E-state index in [2.05, 4.69) is 37.4 Å². The first kappa shape index (κ1) is 14.8. The first-order valence-corrected chi connectivity index (χ1v) is 8.57. The van der Waals surface area contributed by atoms with E-state index in [1.54, 1.807) is 9.80 Å². The van der Waals surface area contributed by atoms with Gasteiger partial charge in [-0.25, -0.2) is 0 Å². The quantitative estimate of drug-likeness (QED) is 0.590. The first-order chi connectivity index (χ1) is 10.3. The standard InChI is InChI=1S/C17H27N3O/c1-3-19-8-10-20(11-9-19)15-13-18-12-14-6-5-7-16(17(14)15)21-4-2/h5-7,15,18H,3-4,8-13H2,1-2H3/p+3/t15-/m0/s1. The molecule has 2 aliphatic heterocycles. The molecular weight excluding hydrogens is 262 g/mol. The third-order valence-electron chi connectivity index (χ3n) is 5.16. The van der Waals surface area contributed by atoms with Crippen LogP contribution in [0.4, 0.5) is 0 Å². The van der Waals surface area contributed by atoms with E-state index in [1.165, 1.54) is 50.4 Å². The van der Waals surface area contributed by atoms with Gasteiger partial charge in [-0.3, -0.25) is 0 Å². The van der Waals surface area contributed by atoms with Crippen LogP contribution in [0.2, 0.25) is 0 Å². The molecule has 4 heteroatoms. The van der Waals surface area contributed by atoms with Crippen LogP contribution in [-0.2, 0) is 6.54 Å². The number of fused-ring (bicyclic) bond motifs is 1. The highest BCUT2D eigenvalue weighted by Crippen LogP contribution is 2.28. The Morgan fingerprint density at radius 2 is 2.00 bits per heavy atom. The Kier molecular flexibility index (Phi) is 4.78. The molecule has 0 saturated carbocycles. The van der Waals surface area contributed by atoms with E-state index in [9.17, 15) is 0 Å². The predicted octanol–water partition coefficient (Wildman–Crippen LogP) is -1.99. The zero-order chi connectivity index (χ0) is 14.7. The summed E-state index contributed by atoms with van der Waals surface area (Å²) >= 11 is 0. The zero-order valence-corrected chi connectivity index (χ0v) is 13.5. The third-order valence-corrected chi connectivity index (χ3v) is 5.16. The number of rotatable bonds is 4. The Morgan fingerprint density at radius 3 is 2.71 bits per heavy atom. The molecule has 4 N–H and O–H groups in total. The van der Waals surface area contributed by atoms with Crippen molar-refractivity contribution in [2.24, 2.45) is 0 Å². The van der Waals surface area contributed by atoms with E-state index in [1.807, 2.05) is 0 Å². The summed E-state index contributed by atoms with van der Waals surface area (Å²) in [6.45, 7) is 13.9. The van der Waals surface area contributed by atoms with Gasteiger partial charge in [0, 0.05) is 5.56 Å². The van der Waals surface area contributed by atoms with Gasteiger partial charge in [-0.1, -0.05) is 12.1 Å². The second kappa shape index (κ2) is 6.77. The molecule has 0 aliphatic carbocycles. The number of nitrogens with one attached hydrogen (secondary N) is 2. The minimum Gasteiger partial charge on any atom is -0.493 e. The zero-order valence-electron chi connectivity index (χ0n) is 13.5. The van der Waals surface area contributed by atoms with Crippen molar-refractivity contribution >= 4 is 0 Å². The maximum atomic E-state index is 5.94. The Morgan fingerprint density at radius 1 is 1.19 bits per heavy atom. The van der Waals surface area contributed by atoms with Gasteiger partial charge < -0.3 is 19.9 Å². The molecule has 2 heterocycles. The summed E-state index contributed by atoms with van der Waals surface area (Å²) in [4.78, 5) is 3.52. The van der Waals surface area contributed by atoms with Crippen LogP contribution in [0.3, 0.4) is 0 Å². The van der Waals surface area contributed by atoms with E-state index in [0.29, 0.717) is 6.04 Å². The van der Waals surface area contributed by atoms with Gasteiger partial charge in [-0.15, -0.1) is 0 Å². The molecule has 116 valence electrons. The minimum atomic E-state index is 0.606.